The second-order valence-electron chi connectivity index (χ2n) is 5.66. The summed E-state index contributed by atoms with van der Waals surface area (Å²) in [6.07, 6.45) is -4.99. The zero-order chi connectivity index (χ0) is 21.3. The summed E-state index contributed by atoms with van der Waals surface area (Å²) < 4.78 is 66.6. The van der Waals surface area contributed by atoms with Gasteiger partial charge in [0.25, 0.3) is 5.91 Å². The number of rotatable bonds is 4. The third-order valence-corrected chi connectivity index (χ3v) is 5.78. The number of carbonyl (C=O) groups excluding carboxylic acids is 1. The van der Waals surface area contributed by atoms with E-state index in [4.69, 9.17) is 23.1 Å². The Hall–Kier alpha value is -2.59. The maximum Gasteiger partial charge on any atom is 0.417 e. The molecule has 0 spiro atoms. The van der Waals surface area contributed by atoms with Crippen LogP contribution < -0.4 is 11.5 Å². The Balaban J connectivity index is 2.84. The number of hydrogen-bond acceptors (Lipinski definition) is 3. The number of halogens is 4. The van der Waals surface area contributed by atoms with E-state index in [9.17, 15) is 26.4 Å². The van der Waals surface area contributed by atoms with Crippen LogP contribution >= 0.6 is 11.6 Å². The average Bonchev–Trinajstić information content (AvgIpc) is 2.59. The third-order valence-electron chi connectivity index (χ3n) is 3.75. The largest absolute Gasteiger partial charge is 0.417 e. The minimum absolute atomic E-state index is 0.0450. The zero-order valence-corrected chi connectivity index (χ0v) is 16.0. The van der Waals surface area contributed by atoms with Crippen molar-refractivity contribution in [3.63, 3.8) is 0 Å². The number of aryl methyl sites for hydroxylation is 1. The normalized spacial score (nSPS) is 11.9. The summed E-state index contributed by atoms with van der Waals surface area (Å²) >= 11 is 5.77. The highest BCUT2D eigenvalue weighted by Crippen LogP contribution is 2.38. The molecule has 28 heavy (non-hydrogen) atoms. The molecule has 0 atom stereocenters. The van der Waals surface area contributed by atoms with E-state index in [0.29, 0.717) is 6.07 Å². The Morgan fingerprint density at radius 2 is 1.82 bits per heavy atom. The van der Waals surface area contributed by atoms with E-state index in [-0.39, 0.29) is 17.0 Å². The van der Waals surface area contributed by atoms with Crippen LogP contribution in [0.3, 0.4) is 0 Å². The Labute approximate surface area is 163 Å². The lowest BCUT2D eigenvalue weighted by Crippen LogP contribution is -2.24. The van der Waals surface area contributed by atoms with Crippen LogP contribution in [0, 0.1) is 0 Å². The molecule has 0 saturated carbocycles. The number of nitrogens with zero attached hydrogens (tertiary/aromatic N) is 1. The van der Waals surface area contributed by atoms with Crippen LogP contribution in [0.4, 0.5) is 13.2 Å². The van der Waals surface area contributed by atoms with Crippen molar-refractivity contribution in [1.82, 2.24) is 0 Å². The molecule has 0 aliphatic heterocycles. The average molecular weight is 434 g/mol. The molecular weight excluding hydrogens is 419 g/mol. The van der Waals surface area contributed by atoms with Gasteiger partial charge in [0, 0.05) is 10.6 Å². The van der Waals surface area contributed by atoms with Crippen LogP contribution in [-0.4, -0.2) is 20.3 Å². The molecule has 2 aromatic rings. The summed E-state index contributed by atoms with van der Waals surface area (Å²) in [5.41, 5.74) is 8.33. The molecule has 0 aliphatic rings. The van der Waals surface area contributed by atoms with Crippen molar-refractivity contribution in [2.24, 2.45) is 16.5 Å². The fourth-order valence-corrected chi connectivity index (χ4v) is 4.31. The second-order valence-corrected chi connectivity index (χ2v) is 8.01. The molecule has 0 aromatic heterocycles. The van der Waals surface area contributed by atoms with Gasteiger partial charge in [0.1, 0.15) is 0 Å². The molecule has 0 heterocycles. The first kappa shape index (κ1) is 21.7. The van der Waals surface area contributed by atoms with Gasteiger partial charge in [-0.25, -0.2) is 8.42 Å². The first-order chi connectivity index (χ1) is 12.9. The topological polar surface area (TPSA) is 116 Å². The number of alkyl halides is 3. The van der Waals surface area contributed by atoms with Crippen LogP contribution in [0.5, 0.6) is 0 Å². The molecule has 0 radical (unpaired) electrons. The first-order valence-electron chi connectivity index (χ1n) is 7.76. The Morgan fingerprint density at radius 1 is 1.18 bits per heavy atom. The van der Waals surface area contributed by atoms with Gasteiger partial charge in [-0.3, -0.25) is 4.79 Å². The lowest BCUT2D eigenvalue weighted by molar-refractivity contribution is -0.139. The Bertz CT molecular complexity index is 1060. The molecule has 0 bridgehead atoms. The molecule has 1 amide bonds. The van der Waals surface area contributed by atoms with Crippen LogP contribution in [-0.2, 0) is 22.4 Å². The van der Waals surface area contributed by atoms with Crippen molar-refractivity contribution in [1.29, 1.82) is 0 Å². The standard InChI is InChI=1S/C17H15ClF3N3O3S/c1-2-9-6-14(28(26,27)11-5-3-4-10(18)7-11)13(17(19,20)21)8-12(9)15(25)24-16(22)23/h3-8H,2H2,1H3,(H4,22,23,24,25). The van der Waals surface area contributed by atoms with Crippen LogP contribution in [0.25, 0.3) is 0 Å². The predicted octanol–water partition coefficient (Wildman–Crippen LogP) is 3.17. The molecule has 4 N–H and O–H groups in total. The van der Waals surface area contributed by atoms with Gasteiger partial charge >= 0.3 is 6.18 Å². The maximum atomic E-state index is 13.6. The number of benzene rings is 2. The van der Waals surface area contributed by atoms with E-state index in [0.717, 1.165) is 18.2 Å². The van der Waals surface area contributed by atoms with Crippen LogP contribution in [0.15, 0.2) is 51.2 Å². The molecule has 0 saturated heterocycles. The number of carbonyl (C=O) groups is 1. The molecular formula is C17H15ClF3N3O3S. The summed E-state index contributed by atoms with van der Waals surface area (Å²) in [5.74, 6) is -1.73. The molecule has 0 fully saturated rings. The summed E-state index contributed by atoms with van der Waals surface area (Å²) in [5, 5.41) is 0.0462. The molecule has 11 heteroatoms. The number of guanidine groups is 1. The number of aliphatic imine (C=N–C) groups is 1. The van der Waals surface area contributed by atoms with E-state index in [2.05, 4.69) is 4.99 Å². The number of hydrogen-bond donors (Lipinski definition) is 2. The van der Waals surface area contributed by atoms with Crippen LogP contribution in [0.2, 0.25) is 5.02 Å². The third kappa shape index (κ3) is 4.45. The lowest BCUT2D eigenvalue weighted by Gasteiger charge is -2.17. The molecule has 0 unspecified atom stereocenters. The van der Waals surface area contributed by atoms with Gasteiger partial charge in [-0.1, -0.05) is 24.6 Å². The van der Waals surface area contributed by atoms with E-state index in [1.54, 1.807) is 6.92 Å². The van der Waals surface area contributed by atoms with Gasteiger partial charge in [0.05, 0.1) is 15.4 Å². The smallest absolute Gasteiger partial charge is 0.370 e. The zero-order valence-electron chi connectivity index (χ0n) is 14.4. The maximum absolute atomic E-state index is 13.6. The fraction of sp³-hybridized carbons (Fsp3) is 0.176. The van der Waals surface area contributed by atoms with E-state index < -0.39 is 48.8 Å². The van der Waals surface area contributed by atoms with Gasteiger partial charge in [-0.2, -0.15) is 18.2 Å². The molecule has 150 valence electrons. The van der Waals surface area contributed by atoms with Gasteiger partial charge in [-0.05, 0) is 42.3 Å². The second kappa shape index (κ2) is 7.80. The van der Waals surface area contributed by atoms with E-state index in [1.807, 2.05) is 0 Å². The summed E-state index contributed by atoms with van der Waals surface area (Å²) in [6.45, 7) is 1.55. The van der Waals surface area contributed by atoms with Crippen molar-refractivity contribution >= 4 is 33.3 Å². The van der Waals surface area contributed by atoms with Crippen molar-refractivity contribution in [3.8, 4) is 0 Å². The summed E-state index contributed by atoms with van der Waals surface area (Å²) in [4.78, 5) is 14.0. The van der Waals surface area contributed by atoms with E-state index >= 15 is 0 Å². The molecule has 2 rings (SSSR count). The van der Waals surface area contributed by atoms with Crippen molar-refractivity contribution in [2.75, 3.05) is 0 Å². The summed E-state index contributed by atoms with van der Waals surface area (Å²) in [6, 6.07) is 6.13. The van der Waals surface area contributed by atoms with Gasteiger partial charge in [-0.15, -0.1) is 0 Å². The van der Waals surface area contributed by atoms with E-state index in [1.165, 1.54) is 12.1 Å². The number of nitrogens with two attached hydrogens (primary N) is 2. The summed E-state index contributed by atoms with van der Waals surface area (Å²) in [7, 11) is -4.57. The molecule has 2 aromatic carbocycles. The minimum atomic E-state index is -5.06. The highest BCUT2D eigenvalue weighted by Gasteiger charge is 2.39. The Kier molecular flexibility index (Phi) is 6.05. The van der Waals surface area contributed by atoms with Crippen LogP contribution in [0.1, 0.15) is 28.4 Å². The number of amides is 1. The SMILES string of the molecule is CCc1cc(S(=O)(=O)c2cccc(Cl)c2)c(C(F)(F)F)cc1C(=O)N=C(N)N. The minimum Gasteiger partial charge on any atom is -0.370 e. The first-order valence-corrected chi connectivity index (χ1v) is 9.62. The number of sulfone groups is 1. The van der Waals surface area contributed by atoms with Crippen molar-refractivity contribution in [2.45, 2.75) is 29.3 Å². The van der Waals surface area contributed by atoms with Crippen molar-refractivity contribution in [3.05, 3.63) is 58.1 Å². The van der Waals surface area contributed by atoms with Gasteiger partial charge in [0.15, 0.2) is 5.96 Å². The lowest BCUT2D eigenvalue weighted by atomic mass is 10.0. The van der Waals surface area contributed by atoms with Gasteiger partial charge in [0.2, 0.25) is 9.84 Å². The van der Waals surface area contributed by atoms with Crippen molar-refractivity contribution < 1.29 is 26.4 Å². The Morgan fingerprint density at radius 3 is 2.32 bits per heavy atom. The molecule has 6 nitrogen and oxygen atoms in total. The molecule has 0 aliphatic carbocycles. The van der Waals surface area contributed by atoms with Gasteiger partial charge < -0.3 is 11.5 Å². The fourth-order valence-electron chi connectivity index (χ4n) is 2.50. The highest BCUT2D eigenvalue weighted by atomic mass is 35.5. The quantitative estimate of drug-likeness (QED) is 0.567. The monoisotopic (exact) mass is 433 g/mol. The predicted molar refractivity (Wildman–Crippen MR) is 97.9 cm³/mol. The highest BCUT2D eigenvalue weighted by molar-refractivity contribution is 7.91.